The van der Waals surface area contributed by atoms with Crippen LogP contribution in [0.4, 0.5) is 0 Å². The molecule has 0 radical (unpaired) electrons. The van der Waals surface area contributed by atoms with Gasteiger partial charge in [-0.25, -0.2) is 4.79 Å². The Morgan fingerprint density at radius 2 is 2.00 bits per heavy atom. The number of hydrogen-bond acceptors (Lipinski definition) is 3. The van der Waals surface area contributed by atoms with E-state index in [0.29, 0.717) is 9.90 Å². The Morgan fingerprint density at radius 1 is 1.47 bits per heavy atom. The van der Waals surface area contributed by atoms with Crippen molar-refractivity contribution in [1.29, 1.82) is 0 Å². The van der Waals surface area contributed by atoms with Gasteiger partial charge in [-0.2, -0.15) is 0 Å². The fourth-order valence-corrected chi connectivity index (χ4v) is 2.37. The van der Waals surface area contributed by atoms with Crippen LogP contribution >= 0.6 is 22.9 Å². The van der Waals surface area contributed by atoms with E-state index < -0.39 is 11.5 Å². The summed E-state index contributed by atoms with van der Waals surface area (Å²) in [5, 5.41) is 11.2. The molecule has 1 amide bonds. The highest BCUT2D eigenvalue weighted by Crippen LogP contribution is 2.29. The molecular weight excluding hydrogens is 262 g/mol. The average Bonchev–Trinajstić information content (AvgIpc) is 2.57. The van der Waals surface area contributed by atoms with Crippen LogP contribution in [0, 0.1) is 6.92 Å². The topological polar surface area (TPSA) is 57.6 Å². The molecule has 0 atom stereocenters. The summed E-state index contributed by atoms with van der Waals surface area (Å²) in [4.78, 5) is 24.7. The van der Waals surface area contributed by atoms with Gasteiger partial charge in [0.15, 0.2) is 0 Å². The molecule has 0 saturated carbocycles. The molecule has 0 spiro atoms. The van der Waals surface area contributed by atoms with E-state index in [1.807, 2.05) is 0 Å². The maximum absolute atomic E-state index is 12.1. The van der Waals surface area contributed by atoms with E-state index in [1.165, 1.54) is 37.1 Å². The minimum Gasteiger partial charge on any atom is -0.480 e. The summed E-state index contributed by atoms with van der Waals surface area (Å²) in [5.74, 6) is -1.43. The first-order chi connectivity index (χ1) is 7.69. The number of aryl methyl sites for hydroxylation is 1. The van der Waals surface area contributed by atoms with Gasteiger partial charge in [-0.3, -0.25) is 4.79 Å². The van der Waals surface area contributed by atoms with Gasteiger partial charge in [0.05, 0.1) is 5.02 Å². The monoisotopic (exact) mass is 275 g/mol. The third-order valence-corrected chi connectivity index (χ3v) is 4.44. The Bertz CT molecular complexity index is 467. The zero-order valence-electron chi connectivity index (χ0n) is 10.1. The van der Waals surface area contributed by atoms with Crippen LogP contribution in [0.25, 0.3) is 0 Å². The maximum atomic E-state index is 12.1. The molecule has 6 heteroatoms. The number of aliphatic carboxylic acids is 1. The highest BCUT2D eigenvalue weighted by Gasteiger charge is 2.36. The van der Waals surface area contributed by atoms with Crippen LogP contribution in [0.1, 0.15) is 29.1 Å². The van der Waals surface area contributed by atoms with Gasteiger partial charge in [0.2, 0.25) is 0 Å². The molecule has 94 valence electrons. The molecule has 0 aliphatic carbocycles. The van der Waals surface area contributed by atoms with E-state index in [-0.39, 0.29) is 5.91 Å². The minimum absolute atomic E-state index is 0.375. The van der Waals surface area contributed by atoms with E-state index in [2.05, 4.69) is 0 Å². The second-order valence-electron chi connectivity index (χ2n) is 4.29. The molecule has 0 aliphatic heterocycles. The Balaban J connectivity index is 3.07. The molecule has 0 fully saturated rings. The van der Waals surface area contributed by atoms with E-state index >= 15 is 0 Å². The van der Waals surface area contributed by atoms with Gasteiger partial charge in [-0.1, -0.05) is 11.6 Å². The molecule has 1 aromatic rings. The van der Waals surface area contributed by atoms with Gasteiger partial charge in [-0.15, -0.1) is 11.3 Å². The van der Waals surface area contributed by atoms with Crippen molar-refractivity contribution in [2.45, 2.75) is 26.3 Å². The van der Waals surface area contributed by atoms with Gasteiger partial charge in [0.25, 0.3) is 5.91 Å². The summed E-state index contributed by atoms with van der Waals surface area (Å²) in [6.45, 7) is 4.75. The van der Waals surface area contributed by atoms with Crippen molar-refractivity contribution in [2.24, 2.45) is 0 Å². The summed E-state index contributed by atoms with van der Waals surface area (Å²) < 4.78 is 0. The second-order valence-corrected chi connectivity index (χ2v) is 5.55. The molecule has 1 N–H and O–H groups in total. The smallest absolute Gasteiger partial charge is 0.329 e. The highest BCUT2D eigenvalue weighted by molar-refractivity contribution is 7.13. The molecule has 0 aliphatic rings. The predicted octanol–water partition coefficient (Wildman–Crippen LogP) is 2.65. The lowest BCUT2D eigenvalue weighted by Crippen LogP contribution is -2.50. The molecule has 0 unspecified atom stereocenters. The van der Waals surface area contributed by atoms with Crippen molar-refractivity contribution in [3.05, 3.63) is 20.8 Å². The Morgan fingerprint density at radius 3 is 2.35 bits per heavy atom. The van der Waals surface area contributed by atoms with Crippen LogP contribution in [-0.2, 0) is 4.79 Å². The summed E-state index contributed by atoms with van der Waals surface area (Å²) in [6, 6.07) is 0. The second kappa shape index (κ2) is 4.66. The average molecular weight is 276 g/mol. The number of carbonyl (C=O) groups is 2. The van der Waals surface area contributed by atoms with E-state index in [4.69, 9.17) is 16.7 Å². The fourth-order valence-electron chi connectivity index (χ4n) is 1.12. The maximum Gasteiger partial charge on any atom is 0.329 e. The Labute approximate surface area is 109 Å². The van der Waals surface area contributed by atoms with Gasteiger partial charge in [-0.05, 0) is 31.7 Å². The van der Waals surface area contributed by atoms with E-state index in [0.717, 1.165) is 5.56 Å². The van der Waals surface area contributed by atoms with E-state index in [9.17, 15) is 9.59 Å². The normalized spacial score (nSPS) is 11.4. The lowest BCUT2D eigenvalue weighted by Gasteiger charge is -2.31. The Kier molecular flexibility index (Phi) is 3.84. The number of carboxylic acids is 1. The lowest BCUT2D eigenvalue weighted by molar-refractivity contribution is -0.147. The number of carbonyl (C=O) groups excluding carboxylic acids is 1. The third kappa shape index (κ3) is 2.45. The van der Waals surface area contributed by atoms with Crippen molar-refractivity contribution in [3.8, 4) is 0 Å². The molecule has 4 nitrogen and oxygen atoms in total. The highest BCUT2D eigenvalue weighted by atomic mass is 35.5. The number of hydrogen-bond donors (Lipinski definition) is 1. The molecule has 1 aromatic heterocycles. The molecule has 0 saturated heterocycles. The van der Waals surface area contributed by atoms with Gasteiger partial charge in [0.1, 0.15) is 10.4 Å². The fraction of sp³-hybridized carbons (Fsp3) is 0.455. The van der Waals surface area contributed by atoms with Crippen LogP contribution in [0.2, 0.25) is 5.02 Å². The number of likely N-dealkylation sites (N-methyl/N-ethyl adjacent to an activating group) is 1. The first kappa shape index (κ1) is 14.0. The van der Waals surface area contributed by atoms with Crippen molar-refractivity contribution in [3.63, 3.8) is 0 Å². The number of thiophene rings is 1. The van der Waals surface area contributed by atoms with Crippen LogP contribution in [0.15, 0.2) is 5.38 Å². The summed E-state index contributed by atoms with van der Waals surface area (Å²) in [7, 11) is 1.46. The summed E-state index contributed by atoms with van der Waals surface area (Å²) >= 11 is 7.22. The molecule has 0 bridgehead atoms. The van der Waals surface area contributed by atoms with Crippen molar-refractivity contribution < 1.29 is 14.7 Å². The molecule has 17 heavy (non-hydrogen) atoms. The van der Waals surface area contributed by atoms with Gasteiger partial charge >= 0.3 is 5.97 Å². The number of carboxylic acid groups (broad SMARTS) is 1. The summed E-state index contributed by atoms with van der Waals surface area (Å²) in [6.07, 6.45) is 0. The Hall–Kier alpha value is -1.07. The van der Waals surface area contributed by atoms with Gasteiger partial charge < -0.3 is 10.0 Å². The van der Waals surface area contributed by atoms with Crippen LogP contribution in [0.3, 0.4) is 0 Å². The lowest BCUT2D eigenvalue weighted by atomic mass is 10.0. The molecule has 0 aromatic carbocycles. The van der Waals surface area contributed by atoms with Gasteiger partial charge in [0, 0.05) is 7.05 Å². The zero-order valence-corrected chi connectivity index (χ0v) is 11.6. The minimum atomic E-state index is -1.27. The van der Waals surface area contributed by atoms with Crippen LogP contribution < -0.4 is 0 Å². The van der Waals surface area contributed by atoms with Crippen molar-refractivity contribution >= 4 is 34.8 Å². The number of amides is 1. The van der Waals surface area contributed by atoms with Crippen LogP contribution in [-0.4, -0.2) is 34.5 Å². The SMILES string of the molecule is Cc1csc(C(=O)N(C)C(C)(C)C(=O)O)c1Cl. The molecule has 1 heterocycles. The summed E-state index contributed by atoms with van der Waals surface area (Å²) in [5.41, 5.74) is -0.445. The standard InChI is InChI=1S/C11H14ClNO3S/c1-6-5-17-8(7(6)12)9(14)13(4)11(2,3)10(15)16/h5H,1-4H3,(H,15,16). The number of halogens is 1. The largest absolute Gasteiger partial charge is 0.480 e. The first-order valence-electron chi connectivity index (χ1n) is 4.94. The molecular formula is C11H14ClNO3S. The number of nitrogens with zero attached hydrogens (tertiary/aromatic N) is 1. The van der Waals surface area contributed by atoms with Crippen molar-refractivity contribution in [1.82, 2.24) is 4.90 Å². The first-order valence-corrected chi connectivity index (χ1v) is 6.20. The predicted molar refractivity (Wildman–Crippen MR) is 67.9 cm³/mol. The van der Waals surface area contributed by atoms with Crippen LogP contribution in [0.5, 0.6) is 0 Å². The quantitative estimate of drug-likeness (QED) is 0.923. The van der Waals surface area contributed by atoms with Crippen molar-refractivity contribution in [2.75, 3.05) is 7.05 Å². The van der Waals surface area contributed by atoms with E-state index in [1.54, 1.807) is 12.3 Å². The number of rotatable bonds is 3. The zero-order chi connectivity index (χ0) is 13.4. The third-order valence-electron chi connectivity index (χ3n) is 2.76. The molecule has 1 rings (SSSR count).